The van der Waals surface area contributed by atoms with Crippen LogP contribution >= 0.6 is 23.1 Å². The van der Waals surface area contributed by atoms with E-state index in [2.05, 4.69) is 51.7 Å². The Hall–Kier alpha value is -3.56. The van der Waals surface area contributed by atoms with Crippen molar-refractivity contribution in [3.05, 3.63) is 71.7 Å². The molecule has 9 heteroatoms. The Labute approximate surface area is 205 Å². The normalized spacial score (nSPS) is 11.1. The van der Waals surface area contributed by atoms with Gasteiger partial charge in [-0.3, -0.25) is 4.79 Å². The molecule has 0 atom stereocenters. The van der Waals surface area contributed by atoms with Gasteiger partial charge in [-0.15, -0.1) is 21.5 Å². The number of thioether (sulfide) groups is 1. The third-order valence-corrected chi connectivity index (χ3v) is 7.10. The monoisotopic (exact) mass is 486 g/mol. The average Bonchev–Trinajstić information content (AvgIpc) is 3.47. The summed E-state index contributed by atoms with van der Waals surface area (Å²) >= 11 is 2.78. The fraction of sp³-hybridized carbons (Fsp3) is 0.160. The minimum absolute atomic E-state index is 0.118. The van der Waals surface area contributed by atoms with Crippen molar-refractivity contribution in [1.82, 2.24) is 24.7 Å². The van der Waals surface area contributed by atoms with Crippen LogP contribution in [0.5, 0.6) is 0 Å². The molecule has 3 aromatic heterocycles. The number of aromatic nitrogens is 5. The van der Waals surface area contributed by atoms with Gasteiger partial charge in [0, 0.05) is 28.4 Å². The van der Waals surface area contributed by atoms with E-state index in [4.69, 9.17) is 4.98 Å². The number of anilines is 1. The van der Waals surface area contributed by atoms with Gasteiger partial charge in [0.2, 0.25) is 5.91 Å². The van der Waals surface area contributed by atoms with E-state index in [9.17, 15) is 4.79 Å². The molecule has 1 amide bonds. The van der Waals surface area contributed by atoms with Gasteiger partial charge in [-0.05, 0) is 26.0 Å². The molecule has 0 fully saturated rings. The molecule has 5 rings (SSSR count). The van der Waals surface area contributed by atoms with Gasteiger partial charge in [0.1, 0.15) is 0 Å². The van der Waals surface area contributed by atoms with Crippen molar-refractivity contribution in [1.29, 1.82) is 0 Å². The van der Waals surface area contributed by atoms with Crippen LogP contribution in [0, 0.1) is 6.92 Å². The zero-order valence-corrected chi connectivity index (χ0v) is 20.4. The maximum Gasteiger partial charge on any atom is 0.236 e. The van der Waals surface area contributed by atoms with Crippen molar-refractivity contribution in [2.24, 2.45) is 0 Å². The molecule has 0 aliphatic carbocycles. The summed E-state index contributed by atoms with van der Waals surface area (Å²) in [5.74, 6) is 0.868. The summed E-state index contributed by atoms with van der Waals surface area (Å²) in [7, 11) is 0. The third-order valence-electron chi connectivity index (χ3n) is 5.26. The highest BCUT2D eigenvalue weighted by atomic mass is 32.2. The second-order valence-electron chi connectivity index (χ2n) is 7.62. The minimum atomic E-state index is -0.118. The quantitative estimate of drug-likeness (QED) is 0.298. The summed E-state index contributed by atoms with van der Waals surface area (Å²) in [6.45, 7) is 4.63. The molecule has 1 N–H and O–H groups in total. The number of hydrogen-bond acceptors (Lipinski definition) is 7. The van der Waals surface area contributed by atoms with Crippen LogP contribution in [0.4, 0.5) is 5.13 Å². The Bertz CT molecular complexity index is 1460. The lowest BCUT2D eigenvalue weighted by Gasteiger charge is -2.11. The first-order valence-electron chi connectivity index (χ1n) is 10.9. The van der Waals surface area contributed by atoms with E-state index in [1.165, 1.54) is 23.1 Å². The maximum atomic E-state index is 12.4. The topological polar surface area (TPSA) is 85.6 Å². The number of amides is 1. The minimum Gasteiger partial charge on any atom is -0.302 e. The molecule has 0 aliphatic rings. The van der Waals surface area contributed by atoms with Gasteiger partial charge < -0.3 is 9.88 Å². The van der Waals surface area contributed by atoms with Crippen molar-refractivity contribution < 1.29 is 4.79 Å². The lowest BCUT2D eigenvalue weighted by Crippen LogP contribution is -2.14. The number of fused-ring (bicyclic) bond motifs is 1. The van der Waals surface area contributed by atoms with E-state index in [1.807, 2.05) is 53.3 Å². The second-order valence-corrected chi connectivity index (χ2v) is 9.42. The van der Waals surface area contributed by atoms with Crippen LogP contribution < -0.4 is 5.32 Å². The molecule has 0 saturated carbocycles. The zero-order valence-electron chi connectivity index (χ0n) is 18.7. The number of benzene rings is 2. The van der Waals surface area contributed by atoms with Crippen LogP contribution in [0.15, 0.2) is 71.2 Å². The Morgan fingerprint density at radius 1 is 1.06 bits per heavy atom. The van der Waals surface area contributed by atoms with Gasteiger partial charge in [0.25, 0.3) is 0 Å². The summed E-state index contributed by atoms with van der Waals surface area (Å²) in [6.07, 6.45) is 0. The molecule has 0 saturated heterocycles. The van der Waals surface area contributed by atoms with E-state index >= 15 is 0 Å². The van der Waals surface area contributed by atoms with Crippen molar-refractivity contribution in [2.45, 2.75) is 25.5 Å². The van der Waals surface area contributed by atoms with Gasteiger partial charge in [-0.2, -0.15) is 0 Å². The van der Waals surface area contributed by atoms with Crippen LogP contribution in [0.2, 0.25) is 0 Å². The van der Waals surface area contributed by atoms with E-state index in [-0.39, 0.29) is 11.7 Å². The molecule has 5 aromatic rings. The molecule has 3 heterocycles. The second kappa shape index (κ2) is 9.74. The van der Waals surface area contributed by atoms with E-state index in [0.717, 1.165) is 39.2 Å². The number of carbonyl (C=O) groups excluding carboxylic acids is 1. The first-order valence-corrected chi connectivity index (χ1v) is 12.7. The van der Waals surface area contributed by atoms with Gasteiger partial charge in [0.05, 0.1) is 22.7 Å². The lowest BCUT2D eigenvalue weighted by molar-refractivity contribution is -0.113. The first-order chi connectivity index (χ1) is 16.6. The van der Waals surface area contributed by atoms with Crippen LogP contribution in [-0.2, 0) is 11.3 Å². The standard InChI is InChI=1S/C25H22N6OS2/c1-3-31-23(29-30-25(31)34-15-22(32)28-24-26-16(2)14-33-24)19-13-21(17-9-5-4-6-10-17)27-20-12-8-7-11-18(19)20/h4-14H,3,15H2,1-2H3,(H,26,28,32). The Balaban J connectivity index is 1.47. The summed E-state index contributed by atoms with van der Waals surface area (Å²) in [6, 6.07) is 20.2. The predicted octanol–water partition coefficient (Wildman–Crippen LogP) is 5.68. The SMILES string of the molecule is CCn1c(SCC(=O)Nc2nc(C)cs2)nnc1-c1cc(-c2ccccc2)nc2ccccc12. The fourth-order valence-corrected chi connectivity index (χ4v) is 5.20. The molecular formula is C25H22N6OS2. The number of nitrogens with one attached hydrogen (secondary N) is 1. The van der Waals surface area contributed by atoms with Gasteiger partial charge in [-0.1, -0.05) is 60.3 Å². The van der Waals surface area contributed by atoms with Gasteiger partial charge in [0.15, 0.2) is 16.1 Å². The molecular weight excluding hydrogens is 464 g/mol. The highest BCUT2D eigenvalue weighted by molar-refractivity contribution is 7.99. The van der Waals surface area contributed by atoms with Crippen molar-refractivity contribution in [3.8, 4) is 22.6 Å². The molecule has 0 radical (unpaired) electrons. The number of aryl methyl sites for hydroxylation is 1. The summed E-state index contributed by atoms with van der Waals surface area (Å²) in [5.41, 5.74) is 4.68. The predicted molar refractivity (Wildman–Crippen MR) is 138 cm³/mol. The van der Waals surface area contributed by atoms with E-state index in [0.29, 0.717) is 16.8 Å². The van der Waals surface area contributed by atoms with E-state index in [1.54, 1.807) is 0 Å². The molecule has 34 heavy (non-hydrogen) atoms. The summed E-state index contributed by atoms with van der Waals surface area (Å²) in [4.78, 5) is 21.6. The molecule has 0 bridgehead atoms. The molecule has 7 nitrogen and oxygen atoms in total. The third kappa shape index (κ3) is 4.57. The van der Waals surface area contributed by atoms with Crippen molar-refractivity contribution in [3.63, 3.8) is 0 Å². The number of carbonyl (C=O) groups is 1. The summed E-state index contributed by atoms with van der Waals surface area (Å²) < 4.78 is 2.04. The summed E-state index contributed by atoms with van der Waals surface area (Å²) in [5, 5.41) is 16.0. The highest BCUT2D eigenvalue weighted by Gasteiger charge is 2.18. The largest absolute Gasteiger partial charge is 0.302 e. The number of hydrogen-bond donors (Lipinski definition) is 1. The molecule has 0 aliphatic heterocycles. The molecule has 0 spiro atoms. The molecule has 170 valence electrons. The number of nitrogens with zero attached hydrogens (tertiary/aromatic N) is 5. The zero-order chi connectivity index (χ0) is 23.5. The van der Waals surface area contributed by atoms with Crippen LogP contribution in [0.1, 0.15) is 12.6 Å². The van der Waals surface area contributed by atoms with Crippen molar-refractivity contribution in [2.75, 3.05) is 11.1 Å². The number of pyridine rings is 1. The smallest absolute Gasteiger partial charge is 0.236 e. The Kier molecular flexibility index (Phi) is 6.37. The number of rotatable bonds is 7. The molecule has 0 unspecified atom stereocenters. The average molecular weight is 487 g/mol. The van der Waals surface area contributed by atoms with Crippen LogP contribution in [-0.4, -0.2) is 36.4 Å². The highest BCUT2D eigenvalue weighted by Crippen LogP contribution is 2.33. The number of thiazole rings is 1. The molecule has 2 aromatic carbocycles. The van der Waals surface area contributed by atoms with E-state index < -0.39 is 0 Å². The van der Waals surface area contributed by atoms with Gasteiger partial charge in [-0.25, -0.2) is 9.97 Å². The Morgan fingerprint density at radius 3 is 2.62 bits per heavy atom. The van der Waals surface area contributed by atoms with Gasteiger partial charge >= 0.3 is 0 Å². The van der Waals surface area contributed by atoms with Crippen molar-refractivity contribution >= 4 is 45.0 Å². The first kappa shape index (κ1) is 22.2. The number of para-hydroxylation sites is 1. The Morgan fingerprint density at radius 2 is 1.85 bits per heavy atom. The van der Waals surface area contributed by atoms with Crippen LogP contribution in [0.25, 0.3) is 33.5 Å². The lowest BCUT2D eigenvalue weighted by atomic mass is 10.0. The van der Waals surface area contributed by atoms with Crippen LogP contribution in [0.3, 0.4) is 0 Å². The fourth-order valence-electron chi connectivity index (χ4n) is 3.69. The maximum absolute atomic E-state index is 12.4.